The molecule has 0 saturated heterocycles. The van der Waals surface area contributed by atoms with E-state index in [2.05, 4.69) is 9.97 Å². The van der Waals surface area contributed by atoms with Crippen molar-refractivity contribution in [3.63, 3.8) is 0 Å². The molecule has 20 heavy (non-hydrogen) atoms. The molecular weight excluding hydrogens is 260 g/mol. The van der Waals surface area contributed by atoms with Crippen LogP contribution in [0, 0.1) is 6.92 Å². The van der Waals surface area contributed by atoms with Gasteiger partial charge in [-0.3, -0.25) is 4.79 Å². The quantitative estimate of drug-likeness (QED) is 0.878. The van der Waals surface area contributed by atoms with Gasteiger partial charge in [-0.1, -0.05) is 12.1 Å². The van der Waals surface area contributed by atoms with Gasteiger partial charge in [0.1, 0.15) is 17.1 Å². The first-order chi connectivity index (χ1) is 9.51. The van der Waals surface area contributed by atoms with Crippen LogP contribution in [0.25, 0.3) is 0 Å². The van der Waals surface area contributed by atoms with Crippen molar-refractivity contribution in [2.75, 3.05) is 7.11 Å². The second-order valence-corrected chi connectivity index (χ2v) is 4.36. The molecule has 0 radical (unpaired) electrons. The highest BCUT2D eigenvalue weighted by Gasteiger charge is 2.10. The van der Waals surface area contributed by atoms with Gasteiger partial charge < -0.3 is 14.8 Å². The smallest absolute Gasteiger partial charge is 0.342 e. The third-order valence-electron chi connectivity index (χ3n) is 2.91. The molecular formula is C14H14N2O4. The number of nitrogens with zero attached hydrogens (tertiary/aromatic N) is 1. The molecule has 2 N–H and O–H groups in total. The van der Waals surface area contributed by atoms with E-state index in [0.717, 1.165) is 23.1 Å². The van der Waals surface area contributed by atoms with Gasteiger partial charge in [0.05, 0.1) is 7.11 Å². The van der Waals surface area contributed by atoms with Crippen LogP contribution in [0.5, 0.6) is 5.75 Å². The molecule has 2 aromatic rings. The van der Waals surface area contributed by atoms with E-state index in [1.807, 2.05) is 25.1 Å². The summed E-state index contributed by atoms with van der Waals surface area (Å²) in [5, 5.41) is 8.77. The Morgan fingerprint density at radius 3 is 2.75 bits per heavy atom. The lowest BCUT2D eigenvalue weighted by atomic mass is 10.1. The molecule has 0 aliphatic heterocycles. The number of rotatable bonds is 4. The van der Waals surface area contributed by atoms with Crippen molar-refractivity contribution in [1.29, 1.82) is 0 Å². The predicted octanol–water partition coefficient (Wildman–Crippen LogP) is 1.38. The second kappa shape index (κ2) is 5.56. The average Bonchev–Trinajstić information content (AvgIpc) is 2.38. The summed E-state index contributed by atoms with van der Waals surface area (Å²) in [5.41, 5.74) is 0.927. The lowest BCUT2D eigenvalue weighted by molar-refractivity contribution is 0.0694. The minimum absolute atomic E-state index is 0.361. The van der Waals surface area contributed by atoms with Crippen molar-refractivity contribution in [2.45, 2.75) is 13.3 Å². The zero-order chi connectivity index (χ0) is 14.7. The van der Waals surface area contributed by atoms with E-state index < -0.39 is 11.5 Å². The maximum atomic E-state index is 11.5. The van der Waals surface area contributed by atoms with Gasteiger partial charge >= 0.3 is 5.97 Å². The van der Waals surface area contributed by atoms with Crippen LogP contribution in [0.15, 0.2) is 29.2 Å². The van der Waals surface area contributed by atoms with Gasteiger partial charge in [0.15, 0.2) is 0 Å². The SMILES string of the molecule is COc1ccc(Cc2ncc(C(=O)O)c(=O)[nH]2)cc1C. The molecule has 0 atom stereocenters. The number of nitrogens with one attached hydrogen (secondary N) is 1. The molecule has 0 amide bonds. The number of hydrogen-bond acceptors (Lipinski definition) is 4. The number of benzene rings is 1. The third kappa shape index (κ3) is 2.85. The van der Waals surface area contributed by atoms with Crippen molar-refractivity contribution in [2.24, 2.45) is 0 Å². The van der Waals surface area contributed by atoms with Crippen molar-refractivity contribution in [3.8, 4) is 5.75 Å². The van der Waals surface area contributed by atoms with Crippen LogP contribution >= 0.6 is 0 Å². The highest BCUT2D eigenvalue weighted by atomic mass is 16.5. The zero-order valence-electron chi connectivity index (χ0n) is 11.1. The Kier molecular flexibility index (Phi) is 3.84. The molecule has 6 nitrogen and oxygen atoms in total. The number of aromatic carboxylic acids is 1. The molecule has 1 aromatic heterocycles. The summed E-state index contributed by atoms with van der Waals surface area (Å²) < 4.78 is 5.17. The van der Waals surface area contributed by atoms with Gasteiger partial charge in [-0.25, -0.2) is 9.78 Å². The van der Waals surface area contributed by atoms with Gasteiger partial charge in [0, 0.05) is 12.6 Å². The largest absolute Gasteiger partial charge is 0.496 e. The van der Waals surface area contributed by atoms with Gasteiger partial charge in [0.2, 0.25) is 0 Å². The van der Waals surface area contributed by atoms with Gasteiger partial charge in [-0.2, -0.15) is 0 Å². The standard InChI is InChI=1S/C14H14N2O4/c1-8-5-9(3-4-11(8)20-2)6-12-15-7-10(14(18)19)13(17)16-12/h3-5,7H,6H2,1-2H3,(H,18,19)(H,15,16,17). The first-order valence-corrected chi connectivity index (χ1v) is 5.96. The summed E-state index contributed by atoms with van der Waals surface area (Å²) in [6.45, 7) is 1.92. The van der Waals surface area contributed by atoms with E-state index in [0.29, 0.717) is 12.2 Å². The topological polar surface area (TPSA) is 92.3 Å². The summed E-state index contributed by atoms with van der Waals surface area (Å²) in [6, 6.07) is 5.65. The van der Waals surface area contributed by atoms with E-state index in [1.54, 1.807) is 7.11 Å². The molecule has 0 fully saturated rings. The van der Waals surface area contributed by atoms with Crippen LogP contribution in [0.3, 0.4) is 0 Å². The number of hydrogen-bond donors (Lipinski definition) is 2. The number of H-pyrrole nitrogens is 1. The van der Waals surface area contributed by atoms with E-state index in [1.165, 1.54) is 0 Å². The minimum Gasteiger partial charge on any atom is -0.496 e. The van der Waals surface area contributed by atoms with Crippen LogP contribution in [-0.4, -0.2) is 28.2 Å². The Morgan fingerprint density at radius 1 is 1.45 bits per heavy atom. The van der Waals surface area contributed by atoms with E-state index in [-0.39, 0.29) is 5.56 Å². The Bertz CT molecular complexity index is 707. The maximum Gasteiger partial charge on any atom is 0.342 e. The number of carbonyl (C=O) groups is 1. The van der Waals surface area contributed by atoms with Crippen LogP contribution in [0.1, 0.15) is 27.3 Å². The zero-order valence-corrected chi connectivity index (χ0v) is 11.1. The fourth-order valence-corrected chi connectivity index (χ4v) is 1.92. The molecule has 0 aliphatic rings. The number of ether oxygens (including phenoxy) is 1. The molecule has 104 valence electrons. The summed E-state index contributed by atoms with van der Waals surface area (Å²) in [6.07, 6.45) is 1.49. The number of aryl methyl sites for hydroxylation is 1. The number of carboxylic acid groups (broad SMARTS) is 1. The highest BCUT2D eigenvalue weighted by Crippen LogP contribution is 2.19. The van der Waals surface area contributed by atoms with Gasteiger partial charge in [-0.05, 0) is 24.1 Å². The molecule has 1 aromatic carbocycles. The lowest BCUT2D eigenvalue weighted by Crippen LogP contribution is -2.20. The normalized spacial score (nSPS) is 10.3. The van der Waals surface area contributed by atoms with Crippen molar-refractivity contribution < 1.29 is 14.6 Å². The van der Waals surface area contributed by atoms with Crippen molar-refractivity contribution in [1.82, 2.24) is 9.97 Å². The summed E-state index contributed by atoms with van der Waals surface area (Å²) in [5.74, 6) is -0.0772. The summed E-state index contributed by atoms with van der Waals surface area (Å²) in [7, 11) is 1.60. The molecule has 0 spiro atoms. The summed E-state index contributed by atoms with van der Waals surface area (Å²) >= 11 is 0. The number of carboxylic acids is 1. The van der Waals surface area contributed by atoms with Crippen LogP contribution in [0.4, 0.5) is 0 Å². The monoisotopic (exact) mass is 274 g/mol. The first-order valence-electron chi connectivity index (χ1n) is 5.96. The van der Waals surface area contributed by atoms with Crippen LogP contribution < -0.4 is 10.3 Å². The lowest BCUT2D eigenvalue weighted by Gasteiger charge is -2.07. The Hall–Kier alpha value is -2.63. The fourth-order valence-electron chi connectivity index (χ4n) is 1.92. The minimum atomic E-state index is -1.29. The average molecular weight is 274 g/mol. The van der Waals surface area contributed by atoms with Crippen molar-refractivity contribution >= 4 is 5.97 Å². The first kappa shape index (κ1) is 13.8. The van der Waals surface area contributed by atoms with Gasteiger partial charge in [0.25, 0.3) is 5.56 Å². The Labute approximate surface area is 115 Å². The van der Waals surface area contributed by atoms with Gasteiger partial charge in [-0.15, -0.1) is 0 Å². The van der Waals surface area contributed by atoms with Crippen LogP contribution in [0.2, 0.25) is 0 Å². The number of aromatic nitrogens is 2. The second-order valence-electron chi connectivity index (χ2n) is 4.36. The number of aromatic amines is 1. The molecule has 0 aliphatic carbocycles. The molecule has 0 bridgehead atoms. The van der Waals surface area contributed by atoms with E-state index in [9.17, 15) is 9.59 Å². The third-order valence-corrected chi connectivity index (χ3v) is 2.91. The molecule has 0 saturated carbocycles. The Morgan fingerprint density at radius 2 is 2.20 bits per heavy atom. The predicted molar refractivity (Wildman–Crippen MR) is 72.4 cm³/mol. The Balaban J connectivity index is 2.26. The fraction of sp³-hybridized carbons (Fsp3) is 0.214. The molecule has 6 heteroatoms. The highest BCUT2D eigenvalue weighted by molar-refractivity contribution is 5.86. The molecule has 2 rings (SSSR count). The number of methoxy groups -OCH3 is 1. The van der Waals surface area contributed by atoms with Crippen molar-refractivity contribution in [3.05, 3.63) is 57.3 Å². The molecule has 0 unspecified atom stereocenters. The van der Waals surface area contributed by atoms with Crippen LogP contribution in [-0.2, 0) is 6.42 Å². The van der Waals surface area contributed by atoms with E-state index in [4.69, 9.17) is 9.84 Å². The van der Waals surface area contributed by atoms with E-state index >= 15 is 0 Å². The summed E-state index contributed by atoms with van der Waals surface area (Å²) in [4.78, 5) is 28.7. The molecule has 1 heterocycles. The maximum absolute atomic E-state index is 11.5.